The lowest BCUT2D eigenvalue weighted by Gasteiger charge is -2.18. The van der Waals surface area contributed by atoms with Gasteiger partial charge in [-0.05, 0) is 51.8 Å². The van der Waals surface area contributed by atoms with E-state index < -0.39 is 0 Å². The highest BCUT2D eigenvalue weighted by molar-refractivity contribution is 5.59. The van der Waals surface area contributed by atoms with E-state index in [-0.39, 0.29) is 5.54 Å². The third-order valence-electron chi connectivity index (χ3n) is 3.08. The second kappa shape index (κ2) is 5.63. The highest BCUT2D eigenvalue weighted by atomic mass is 16.4. The summed E-state index contributed by atoms with van der Waals surface area (Å²) in [6, 6.07) is 6.50. The molecule has 0 amide bonds. The van der Waals surface area contributed by atoms with Gasteiger partial charge in [-0.1, -0.05) is 17.2 Å². The number of benzene rings is 1. The van der Waals surface area contributed by atoms with Crippen LogP contribution in [-0.2, 0) is 6.54 Å². The summed E-state index contributed by atoms with van der Waals surface area (Å²) in [5, 5.41) is 14.5. The molecular formula is C15H22N4O. The molecule has 2 N–H and O–H groups in total. The first-order valence-electron chi connectivity index (χ1n) is 6.76. The van der Waals surface area contributed by atoms with E-state index >= 15 is 0 Å². The SMILES string of the molecule is Cc1cccc(Nc2nnc(CNC(C)(C)C)o2)c1C. The van der Waals surface area contributed by atoms with Gasteiger partial charge in [-0.3, -0.25) is 0 Å². The molecule has 0 spiro atoms. The third kappa shape index (κ3) is 3.81. The van der Waals surface area contributed by atoms with Gasteiger partial charge in [-0.15, -0.1) is 5.10 Å². The van der Waals surface area contributed by atoms with Crippen molar-refractivity contribution >= 4 is 11.7 Å². The minimum absolute atomic E-state index is 0.0230. The van der Waals surface area contributed by atoms with Crippen LogP contribution in [0.15, 0.2) is 22.6 Å². The summed E-state index contributed by atoms with van der Waals surface area (Å²) in [6.07, 6.45) is 0. The van der Waals surface area contributed by atoms with E-state index in [1.165, 1.54) is 11.1 Å². The quantitative estimate of drug-likeness (QED) is 0.895. The number of hydrogen-bond acceptors (Lipinski definition) is 5. The average molecular weight is 274 g/mol. The molecule has 0 aliphatic heterocycles. The van der Waals surface area contributed by atoms with Crippen LogP contribution in [-0.4, -0.2) is 15.7 Å². The van der Waals surface area contributed by atoms with Gasteiger partial charge < -0.3 is 15.1 Å². The van der Waals surface area contributed by atoms with Crippen molar-refractivity contribution in [1.29, 1.82) is 0 Å². The fraction of sp³-hybridized carbons (Fsp3) is 0.467. The third-order valence-corrected chi connectivity index (χ3v) is 3.08. The van der Waals surface area contributed by atoms with E-state index in [0.29, 0.717) is 18.5 Å². The molecular weight excluding hydrogens is 252 g/mol. The van der Waals surface area contributed by atoms with Gasteiger partial charge in [0, 0.05) is 11.2 Å². The van der Waals surface area contributed by atoms with E-state index in [1.54, 1.807) is 0 Å². The lowest BCUT2D eigenvalue weighted by Crippen LogP contribution is -2.35. The number of aryl methyl sites for hydroxylation is 1. The fourth-order valence-electron chi connectivity index (χ4n) is 1.72. The molecule has 1 aromatic carbocycles. The Balaban J connectivity index is 2.04. The zero-order chi connectivity index (χ0) is 14.8. The summed E-state index contributed by atoms with van der Waals surface area (Å²) in [4.78, 5) is 0. The molecule has 0 unspecified atom stereocenters. The molecule has 5 heteroatoms. The Bertz CT molecular complexity index is 584. The van der Waals surface area contributed by atoms with Crippen LogP contribution >= 0.6 is 0 Å². The largest absolute Gasteiger partial charge is 0.406 e. The van der Waals surface area contributed by atoms with Crippen LogP contribution in [0, 0.1) is 13.8 Å². The van der Waals surface area contributed by atoms with Crippen molar-refractivity contribution in [2.75, 3.05) is 5.32 Å². The zero-order valence-electron chi connectivity index (χ0n) is 12.7. The van der Waals surface area contributed by atoms with Gasteiger partial charge >= 0.3 is 6.01 Å². The van der Waals surface area contributed by atoms with Crippen LogP contribution in [0.3, 0.4) is 0 Å². The van der Waals surface area contributed by atoms with E-state index in [0.717, 1.165) is 5.69 Å². The van der Waals surface area contributed by atoms with Gasteiger partial charge in [-0.25, -0.2) is 0 Å². The number of nitrogens with one attached hydrogen (secondary N) is 2. The molecule has 1 aromatic heterocycles. The Labute approximate surface area is 119 Å². The van der Waals surface area contributed by atoms with Crippen LogP contribution in [0.5, 0.6) is 0 Å². The van der Waals surface area contributed by atoms with Crippen molar-refractivity contribution in [2.24, 2.45) is 0 Å². The van der Waals surface area contributed by atoms with Gasteiger partial charge in [0.2, 0.25) is 5.89 Å². The Morgan fingerprint density at radius 3 is 2.60 bits per heavy atom. The molecule has 0 bridgehead atoms. The van der Waals surface area contributed by atoms with Crippen LogP contribution in [0.1, 0.15) is 37.8 Å². The molecule has 20 heavy (non-hydrogen) atoms. The number of anilines is 2. The van der Waals surface area contributed by atoms with Crippen LogP contribution in [0.4, 0.5) is 11.7 Å². The van der Waals surface area contributed by atoms with Crippen molar-refractivity contribution in [3.05, 3.63) is 35.2 Å². The number of nitrogens with zero attached hydrogens (tertiary/aromatic N) is 2. The van der Waals surface area contributed by atoms with E-state index in [9.17, 15) is 0 Å². The van der Waals surface area contributed by atoms with Gasteiger partial charge in [0.05, 0.1) is 6.54 Å². The Kier molecular flexibility index (Phi) is 4.09. The second-order valence-corrected chi connectivity index (χ2v) is 5.98. The highest BCUT2D eigenvalue weighted by Crippen LogP contribution is 2.22. The van der Waals surface area contributed by atoms with Gasteiger partial charge in [0.25, 0.3) is 0 Å². The minimum atomic E-state index is 0.0230. The van der Waals surface area contributed by atoms with E-state index in [4.69, 9.17) is 4.42 Å². The second-order valence-electron chi connectivity index (χ2n) is 5.98. The summed E-state index contributed by atoms with van der Waals surface area (Å²) in [5.74, 6) is 0.577. The maximum atomic E-state index is 5.58. The molecule has 0 saturated heterocycles. The predicted molar refractivity (Wildman–Crippen MR) is 80.1 cm³/mol. The van der Waals surface area contributed by atoms with Crippen LogP contribution in [0.2, 0.25) is 0 Å². The normalized spacial score (nSPS) is 11.7. The number of hydrogen-bond donors (Lipinski definition) is 2. The molecule has 0 atom stereocenters. The molecule has 1 heterocycles. The first kappa shape index (κ1) is 14.5. The van der Waals surface area contributed by atoms with Gasteiger partial charge in [0.1, 0.15) is 0 Å². The molecule has 0 saturated carbocycles. The summed E-state index contributed by atoms with van der Waals surface area (Å²) >= 11 is 0. The first-order chi connectivity index (χ1) is 9.35. The molecule has 5 nitrogen and oxygen atoms in total. The first-order valence-corrected chi connectivity index (χ1v) is 6.76. The Hall–Kier alpha value is -1.88. The standard InChI is InChI=1S/C15H22N4O/c1-10-7-6-8-12(11(10)2)17-14-19-18-13(20-14)9-16-15(3,4)5/h6-8,16H,9H2,1-5H3,(H,17,19). The van der Waals surface area contributed by atoms with E-state index in [2.05, 4.69) is 61.5 Å². The van der Waals surface area contributed by atoms with Crippen molar-refractivity contribution < 1.29 is 4.42 Å². The van der Waals surface area contributed by atoms with Gasteiger partial charge in [-0.2, -0.15) is 0 Å². The smallest absolute Gasteiger partial charge is 0.320 e. The molecule has 2 rings (SSSR count). The zero-order valence-corrected chi connectivity index (χ0v) is 12.7. The highest BCUT2D eigenvalue weighted by Gasteiger charge is 2.12. The van der Waals surface area contributed by atoms with Crippen molar-refractivity contribution in [2.45, 2.75) is 46.7 Å². The van der Waals surface area contributed by atoms with Crippen molar-refractivity contribution in [3.8, 4) is 0 Å². The topological polar surface area (TPSA) is 63.0 Å². The molecule has 0 aliphatic carbocycles. The lowest BCUT2D eigenvalue weighted by molar-refractivity contribution is 0.384. The summed E-state index contributed by atoms with van der Waals surface area (Å²) in [7, 11) is 0. The molecule has 108 valence electrons. The Morgan fingerprint density at radius 1 is 1.15 bits per heavy atom. The molecule has 2 aromatic rings. The molecule has 0 fully saturated rings. The summed E-state index contributed by atoms with van der Waals surface area (Å²) < 4.78 is 5.58. The maximum absolute atomic E-state index is 5.58. The molecule has 0 radical (unpaired) electrons. The lowest BCUT2D eigenvalue weighted by atomic mass is 10.1. The average Bonchev–Trinajstić information content (AvgIpc) is 2.80. The van der Waals surface area contributed by atoms with Crippen molar-refractivity contribution in [1.82, 2.24) is 15.5 Å². The van der Waals surface area contributed by atoms with Gasteiger partial charge in [0.15, 0.2) is 0 Å². The van der Waals surface area contributed by atoms with Crippen LogP contribution < -0.4 is 10.6 Å². The number of aromatic nitrogens is 2. The Morgan fingerprint density at radius 2 is 1.90 bits per heavy atom. The summed E-state index contributed by atoms with van der Waals surface area (Å²) in [5.41, 5.74) is 3.42. The molecule has 0 aliphatic rings. The minimum Gasteiger partial charge on any atom is -0.406 e. The van der Waals surface area contributed by atoms with Crippen LogP contribution in [0.25, 0.3) is 0 Å². The number of rotatable bonds is 4. The van der Waals surface area contributed by atoms with Crippen molar-refractivity contribution in [3.63, 3.8) is 0 Å². The maximum Gasteiger partial charge on any atom is 0.320 e. The predicted octanol–water partition coefficient (Wildman–Crippen LogP) is 3.32. The monoisotopic (exact) mass is 274 g/mol. The fourth-order valence-corrected chi connectivity index (χ4v) is 1.72. The summed E-state index contributed by atoms with van der Waals surface area (Å²) in [6.45, 7) is 11.0. The van der Waals surface area contributed by atoms with E-state index in [1.807, 2.05) is 12.1 Å².